The molecule has 0 saturated carbocycles. The Morgan fingerprint density at radius 1 is 1.06 bits per heavy atom. The van der Waals surface area contributed by atoms with Gasteiger partial charge in [-0.05, 0) is 30.7 Å². The highest BCUT2D eigenvalue weighted by Gasteiger charge is 2.09. The first kappa shape index (κ1) is 12.2. The first-order chi connectivity index (χ1) is 8.72. The van der Waals surface area contributed by atoms with Gasteiger partial charge in [-0.3, -0.25) is 0 Å². The van der Waals surface area contributed by atoms with E-state index >= 15 is 0 Å². The number of aryl methyl sites for hydroxylation is 1. The highest BCUT2D eigenvalue weighted by Crippen LogP contribution is 2.19. The maximum atomic E-state index is 9.55. The SMILES string of the molecule is CO/N=C(\c1ccccc1)c1ccc(O)c(C)c1. The van der Waals surface area contributed by atoms with Crippen LogP contribution in [0.1, 0.15) is 16.7 Å². The van der Waals surface area contributed by atoms with E-state index in [2.05, 4.69) is 5.16 Å². The van der Waals surface area contributed by atoms with Gasteiger partial charge in [0.1, 0.15) is 18.6 Å². The highest BCUT2D eigenvalue weighted by molar-refractivity contribution is 6.12. The Balaban J connectivity index is 2.49. The molecule has 0 saturated heterocycles. The lowest BCUT2D eigenvalue weighted by atomic mass is 10.0. The van der Waals surface area contributed by atoms with Gasteiger partial charge in [0.15, 0.2) is 0 Å². The monoisotopic (exact) mass is 241 g/mol. The van der Waals surface area contributed by atoms with Crippen LogP contribution in [0.4, 0.5) is 0 Å². The molecule has 2 rings (SSSR count). The Hall–Kier alpha value is -2.29. The number of benzene rings is 2. The second-order valence-corrected chi connectivity index (χ2v) is 3.99. The van der Waals surface area contributed by atoms with E-state index in [9.17, 15) is 5.11 Å². The molecule has 0 spiro atoms. The average molecular weight is 241 g/mol. The van der Waals surface area contributed by atoms with E-state index in [0.717, 1.165) is 22.4 Å². The average Bonchev–Trinajstić information content (AvgIpc) is 2.40. The fraction of sp³-hybridized carbons (Fsp3) is 0.133. The molecule has 1 N–H and O–H groups in total. The number of hydrogen-bond acceptors (Lipinski definition) is 3. The van der Waals surface area contributed by atoms with Gasteiger partial charge in [0.05, 0.1) is 0 Å². The summed E-state index contributed by atoms with van der Waals surface area (Å²) in [5.74, 6) is 0.281. The predicted molar refractivity (Wildman–Crippen MR) is 71.9 cm³/mol. The maximum Gasteiger partial charge on any atom is 0.118 e. The van der Waals surface area contributed by atoms with Crippen LogP contribution in [0.2, 0.25) is 0 Å². The van der Waals surface area contributed by atoms with Crippen LogP contribution in [0.25, 0.3) is 0 Å². The molecule has 0 radical (unpaired) electrons. The van der Waals surface area contributed by atoms with Gasteiger partial charge >= 0.3 is 0 Å². The Morgan fingerprint density at radius 3 is 2.39 bits per heavy atom. The van der Waals surface area contributed by atoms with E-state index in [1.807, 2.05) is 49.4 Å². The molecule has 0 bridgehead atoms. The lowest BCUT2D eigenvalue weighted by Gasteiger charge is -2.08. The van der Waals surface area contributed by atoms with Gasteiger partial charge in [-0.15, -0.1) is 0 Å². The van der Waals surface area contributed by atoms with Crippen molar-refractivity contribution in [3.8, 4) is 5.75 Å². The second-order valence-electron chi connectivity index (χ2n) is 3.99. The van der Waals surface area contributed by atoms with Gasteiger partial charge in [0.2, 0.25) is 0 Å². The lowest BCUT2D eigenvalue weighted by Crippen LogP contribution is -2.04. The topological polar surface area (TPSA) is 41.8 Å². The van der Waals surface area contributed by atoms with E-state index in [-0.39, 0.29) is 5.75 Å². The molecule has 2 aromatic rings. The van der Waals surface area contributed by atoms with Crippen LogP contribution in [0.15, 0.2) is 53.7 Å². The normalized spacial score (nSPS) is 11.3. The Kier molecular flexibility index (Phi) is 3.63. The molecular weight excluding hydrogens is 226 g/mol. The third-order valence-electron chi connectivity index (χ3n) is 2.70. The maximum absolute atomic E-state index is 9.55. The van der Waals surface area contributed by atoms with Crippen LogP contribution in [0.3, 0.4) is 0 Å². The minimum absolute atomic E-state index is 0.281. The highest BCUT2D eigenvalue weighted by atomic mass is 16.6. The van der Waals surface area contributed by atoms with Crippen molar-refractivity contribution in [2.45, 2.75) is 6.92 Å². The summed E-state index contributed by atoms with van der Waals surface area (Å²) in [7, 11) is 1.52. The van der Waals surface area contributed by atoms with Crippen molar-refractivity contribution in [2.75, 3.05) is 7.11 Å². The zero-order valence-corrected chi connectivity index (χ0v) is 10.4. The molecule has 0 atom stereocenters. The van der Waals surface area contributed by atoms with Crippen LogP contribution >= 0.6 is 0 Å². The molecule has 3 heteroatoms. The molecule has 92 valence electrons. The number of rotatable bonds is 3. The molecule has 0 fully saturated rings. The molecule has 3 nitrogen and oxygen atoms in total. The zero-order valence-electron chi connectivity index (χ0n) is 10.4. The van der Waals surface area contributed by atoms with Gasteiger partial charge < -0.3 is 9.94 Å². The van der Waals surface area contributed by atoms with Crippen molar-refractivity contribution in [1.82, 2.24) is 0 Å². The first-order valence-corrected chi connectivity index (χ1v) is 5.69. The summed E-state index contributed by atoms with van der Waals surface area (Å²) in [6, 6.07) is 15.2. The van der Waals surface area contributed by atoms with Gasteiger partial charge in [0.25, 0.3) is 0 Å². The van der Waals surface area contributed by atoms with Gasteiger partial charge in [-0.2, -0.15) is 0 Å². The number of hydrogen-bond donors (Lipinski definition) is 1. The van der Waals surface area contributed by atoms with E-state index < -0.39 is 0 Å². The summed E-state index contributed by atoms with van der Waals surface area (Å²) in [5, 5.41) is 13.6. The number of phenols is 1. The molecule has 0 amide bonds. The van der Waals surface area contributed by atoms with Crippen molar-refractivity contribution in [3.05, 3.63) is 65.2 Å². The summed E-state index contributed by atoms with van der Waals surface area (Å²) in [6.45, 7) is 1.86. The molecule has 0 aromatic heterocycles. The summed E-state index contributed by atoms with van der Waals surface area (Å²) >= 11 is 0. The van der Waals surface area contributed by atoms with E-state index in [4.69, 9.17) is 4.84 Å². The fourth-order valence-corrected chi connectivity index (χ4v) is 1.76. The van der Waals surface area contributed by atoms with E-state index in [0.29, 0.717) is 0 Å². The van der Waals surface area contributed by atoms with E-state index in [1.165, 1.54) is 7.11 Å². The van der Waals surface area contributed by atoms with Gasteiger partial charge in [0, 0.05) is 11.1 Å². The Morgan fingerprint density at radius 2 is 1.78 bits per heavy atom. The van der Waals surface area contributed by atoms with Crippen LogP contribution < -0.4 is 0 Å². The van der Waals surface area contributed by atoms with Crippen LogP contribution in [-0.2, 0) is 4.84 Å². The Bertz CT molecular complexity index is 562. The molecule has 0 aliphatic rings. The summed E-state index contributed by atoms with van der Waals surface area (Å²) in [5.41, 5.74) is 3.45. The number of nitrogens with zero attached hydrogens (tertiary/aromatic N) is 1. The molecular formula is C15H15NO2. The lowest BCUT2D eigenvalue weighted by molar-refractivity contribution is 0.214. The van der Waals surface area contributed by atoms with Crippen molar-refractivity contribution < 1.29 is 9.94 Å². The van der Waals surface area contributed by atoms with Gasteiger partial charge in [-0.25, -0.2) is 0 Å². The largest absolute Gasteiger partial charge is 0.508 e. The smallest absolute Gasteiger partial charge is 0.118 e. The summed E-state index contributed by atoms with van der Waals surface area (Å²) < 4.78 is 0. The Labute approximate surface area is 106 Å². The minimum atomic E-state index is 0.281. The number of oxime groups is 1. The predicted octanol–water partition coefficient (Wildman–Crippen LogP) is 3.10. The van der Waals surface area contributed by atoms with Crippen LogP contribution in [0, 0.1) is 6.92 Å². The van der Waals surface area contributed by atoms with Crippen LogP contribution in [0.5, 0.6) is 5.75 Å². The second kappa shape index (κ2) is 5.36. The standard InChI is InChI=1S/C15H15NO2/c1-11-10-13(8-9-14(11)17)15(16-18-2)12-6-4-3-5-7-12/h3-10,17H,1-2H3/b16-15+. The van der Waals surface area contributed by atoms with E-state index in [1.54, 1.807) is 6.07 Å². The van der Waals surface area contributed by atoms with Crippen LogP contribution in [-0.4, -0.2) is 17.9 Å². The third kappa shape index (κ3) is 2.51. The number of phenolic OH excluding ortho intramolecular Hbond substituents is 1. The minimum Gasteiger partial charge on any atom is -0.508 e. The molecule has 0 aliphatic carbocycles. The molecule has 18 heavy (non-hydrogen) atoms. The van der Waals surface area contributed by atoms with Crippen molar-refractivity contribution >= 4 is 5.71 Å². The zero-order chi connectivity index (χ0) is 13.0. The van der Waals surface area contributed by atoms with Crippen molar-refractivity contribution in [2.24, 2.45) is 5.16 Å². The molecule has 0 heterocycles. The molecule has 2 aromatic carbocycles. The molecule has 0 aliphatic heterocycles. The molecule has 0 unspecified atom stereocenters. The third-order valence-corrected chi connectivity index (χ3v) is 2.70. The van der Waals surface area contributed by atoms with Crippen molar-refractivity contribution in [3.63, 3.8) is 0 Å². The first-order valence-electron chi connectivity index (χ1n) is 5.69. The fourth-order valence-electron chi connectivity index (χ4n) is 1.76. The van der Waals surface area contributed by atoms with Gasteiger partial charge in [-0.1, -0.05) is 35.5 Å². The quantitative estimate of drug-likeness (QED) is 0.662. The number of aromatic hydroxyl groups is 1. The summed E-state index contributed by atoms with van der Waals surface area (Å²) in [4.78, 5) is 4.91. The summed E-state index contributed by atoms with van der Waals surface area (Å²) in [6.07, 6.45) is 0. The van der Waals surface area contributed by atoms with Crippen molar-refractivity contribution in [1.29, 1.82) is 0 Å².